The lowest BCUT2D eigenvalue weighted by Gasteiger charge is -2.22. The summed E-state index contributed by atoms with van der Waals surface area (Å²) in [5, 5.41) is 5.65. The summed E-state index contributed by atoms with van der Waals surface area (Å²) in [6.07, 6.45) is 0. The first-order valence-corrected chi connectivity index (χ1v) is 9.38. The zero-order valence-corrected chi connectivity index (χ0v) is 16.6. The number of nitrogens with zero attached hydrogens (tertiary/aromatic N) is 1. The number of hydrogen-bond donors (Lipinski definition) is 3. The van der Waals surface area contributed by atoms with E-state index < -0.39 is 35.8 Å². The number of amides is 5. The highest BCUT2D eigenvalue weighted by Gasteiger charge is 2.49. The Kier molecular flexibility index (Phi) is 6.01. The fourth-order valence-electron chi connectivity index (χ4n) is 3.00. The zero-order valence-electron chi connectivity index (χ0n) is 16.6. The maximum atomic E-state index is 12.7. The van der Waals surface area contributed by atoms with E-state index in [0.717, 1.165) is 0 Å². The molecule has 3 rings (SSSR count). The molecule has 9 heteroatoms. The highest BCUT2D eigenvalue weighted by Crippen LogP contribution is 2.27. The fourth-order valence-corrected chi connectivity index (χ4v) is 3.00. The quantitative estimate of drug-likeness (QED) is 0.595. The Balaban J connectivity index is 1.57. The minimum absolute atomic E-state index is 0.345. The summed E-state index contributed by atoms with van der Waals surface area (Å²) in [7, 11) is 0. The van der Waals surface area contributed by atoms with Crippen LogP contribution in [-0.4, -0.2) is 41.9 Å². The molecule has 0 radical (unpaired) electrons. The molecular formula is C21H22N4O5. The van der Waals surface area contributed by atoms with Crippen LogP contribution in [0.2, 0.25) is 0 Å². The van der Waals surface area contributed by atoms with Crippen molar-refractivity contribution in [2.24, 2.45) is 0 Å². The van der Waals surface area contributed by atoms with Crippen LogP contribution in [0.3, 0.4) is 0 Å². The number of hydrazine groups is 1. The SMILES string of the molecule is CCOc1ccc(C(=O)NCC(=O)NN2C(=O)N[C@@](C)(c3ccccc3)C2=O)cc1. The van der Waals surface area contributed by atoms with Crippen molar-refractivity contribution in [3.63, 3.8) is 0 Å². The van der Waals surface area contributed by atoms with Crippen molar-refractivity contribution in [3.05, 3.63) is 65.7 Å². The molecule has 9 nitrogen and oxygen atoms in total. The molecule has 1 atom stereocenters. The van der Waals surface area contributed by atoms with E-state index >= 15 is 0 Å². The smallest absolute Gasteiger partial charge is 0.344 e. The Morgan fingerprint density at radius 1 is 1.07 bits per heavy atom. The van der Waals surface area contributed by atoms with Gasteiger partial charge in [-0.3, -0.25) is 19.8 Å². The van der Waals surface area contributed by atoms with Gasteiger partial charge < -0.3 is 15.4 Å². The molecule has 1 aliphatic rings. The van der Waals surface area contributed by atoms with Crippen LogP contribution in [0.5, 0.6) is 5.75 Å². The number of nitrogens with one attached hydrogen (secondary N) is 3. The molecule has 30 heavy (non-hydrogen) atoms. The van der Waals surface area contributed by atoms with E-state index in [1.54, 1.807) is 61.5 Å². The van der Waals surface area contributed by atoms with Crippen molar-refractivity contribution in [2.75, 3.05) is 13.2 Å². The van der Waals surface area contributed by atoms with Crippen molar-refractivity contribution in [1.82, 2.24) is 21.1 Å². The van der Waals surface area contributed by atoms with Gasteiger partial charge in [0.15, 0.2) is 0 Å². The number of imide groups is 1. The molecule has 0 aliphatic carbocycles. The summed E-state index contributed by atoms with van der Waals surface area (Å²) in [4.78, 5) is 49.4. The van der Waals surface area contributed by atoms with Crippen molar-refractivity contribution in [3.8, 4) is 5.75 Å². The van der Waals surface area contributed by atoms with Gasteiger partial charge in [-0.2, -0.15) is 5.01 Å². The molecule has 156 valence electrons. The van der Waals surface area contributed by atoms with Gasteiger partial charge in [0.1, 0.15) is 11.3 Å². The maximum Gasteiger partial charge on any atom is 0.344 e. The number of urea groups is 1. The lowest BCUT2D eigenvalue weighted by atomic mass is 9.92. The van der Waals surface area contributed by atoms with E-state index in [1.165, 1.54) is 0 Å². The monoisotopic (exact) mass is 410 g/mol. The topological polar surface area (TPSA) is 117 Å². The normalized spacial score (nSPS) is 18.0. The van der Waals surface area contributed by atoms with Crippen molar-refractivity contribution < 1.29 is 23.9 Å². The summed E-state index contributed by atoms with van der Waals surface area (Å²) in [5.74, 6) is -1.17. The van der Waals surface area contributed by atoms with Crippen LogP contribution in [0.25, 0.3) is 0 Å². The third-order valence-electron chi connectivity index (χ3n) is 4.62. The minimum atomic E-state index is -1.29. The number of rotatable bonds is 7. The Bertz CT molecular complexity index is 961. The second-order valence-corrected chi connectivity index (χ2v) is 6.74. The maximum absolute atomic E-state index is 12.7. The van der Waals surface area contributed by atoms with Crippen LogP contribution in [-0.2, 0) is 15.1 Å². The number of carbonyl (C=O) groups excluding carboxylic acids is 4. The molecule has 5 amide bonds. The van der Waals surface area contributed by atoms with Gasteiger partial charge in [0, 0.05) is 5.56 Å². The molecule has 0 unspecified atom stereocenters. The van der Waals surface area contributed by atoms with E-state index in [9.17, 15) is 19.2 Å². The first-order chi connectivity index (χ1) is 14.3. The highest BCUT2D eigenvalue weighted by molar-refractivity contribution is 6.08. The van der Waals surface area contributed by atoms with Gasteiger partial charge in [0.25, 0.3) is 17.7 Å². The summed E-state index contributed by atoms with van der Waals surface area (Å²) in [6, 6.07) is 14.4. The standard InChI is InChI=1S/C21H22N4O5/c1-3-30-16-11-9-14(10-12-16)18(27)22-13-17(26)24-25-19(28)21(2,23-20(25)29)15-7-5-4-6-8-15/h4-12H,3,13H2,1-2H3,(H,22,27)(H,23,29)(H,24,26)/t21-/m0/s1. The van der Waals surface area contributed by atoms with Gasteiger partial charge >= 0.3 is 6.03 Å². The molecule has 1 heterocycles. The van der Waals surface area contributed by atoms with Gasteiger partial charge in [-0.25, -0.2) is 4.79 Å². The van der Waals surface area contributed by atoms with Gasteiger partial charge in [-0.1, -0.05) is 30.3 Å². The first kappa shape index (κ1) is 20.8. The van der Waals surface area contributed by atoms with Crippen LogP contribution in [0.15, 0.2) is 54.6 Å². The van der Waals surface area contributed by atoms with E-state index in [4.69, 9.17) is 4.74 Å². The lowest BCUT2D eigenvalue weighted by molar-refractivity contribution is -0.138. The van der Waals surface area contributed by atoms with Crippen LogP contribution in [0.1, 0.15) is 29.8 Å². The lowest BCUT2D eigenvalue weighted by Crippen LogP contribution is -2.50. The highest BCUT2D eigenvalue weighted by atomic mass is 16.5. The molecule has 1 aliphatic heterocycles. The molecule has 1 saturated heterocycles. The molecule has 2 aromatic rings. The number of benzene rings is 2. The second-order valence-electron chi connectivity index (χ2n) is 6.74. The third-order valence-corrected chi connectivity index (χ3v) is 4.62. The Morgan fingerprint density at radius 3 is 2.37 bits per heavy atom. The van der Waals surface area contributed by atoms with Gasteiger partial charge in [0.05, 0.1) is 13.2 Å². The van der Waals surface area contributed by atoms with E-state index in [-0.39, 0.29) is 0 Å². The summed E-state index contributed by atoms with van der Waals surface area (Å²) in [6.45, 7) is 3.51. The van der Waals surface area contributed by atoms with E-state index in [1.807, 2.05) is 6.92 Å². The predicted molar refractivity (Wildman–Crippen MR) is 107 cm³/mol. The second kappa shape index (κ2) is 8.64. The average molecular weight is 410 g/mol. The molecular weight excluding hydrogens is 388 g/mol. The number of carbonyl (C=O) groups is 4. The number of hydrogen-bond acceptors (Lipinski definition) is 5. The van der Waals surface area contributed by atoms with Crippen LogP contribution < -0.4 is 20.8 Å². The molecule has 1 fully saturated rings. The van der Waals surface area contributed by atoms with Crippen molar-refractivity contribution >= 4 is 23.8 Å². The molecule has 0 aromatic heterocycles. The van der Waals surface area contributed by atoms with Crippen LogP contribution >= 0.6 is 0 Å². The van der Waals surface area contributed by atoms with Crippen molar-refractivity contribution in [2.45, 2.75) is 19.4 Å². The molecule has 0 saturated carbocycles. The molecule has 3 N–H and O–H groups in total. The average Bonchev–Trinajstić information content (AvgIpc) is 2.97. The van der Waals surface area contributed by atoms with Gasteiger partial charge in [0.2, 0.25) is 0 Å². The van der Waals surface area contributed by atoms with Crippen LogP contribution in [0, 0.1) is 0 Å². The molecule has 0 bridgehead atoms. The summed E-state index contributed by atoms with van der Waals surface area (Å²) < 4.78 is 5.31. The van der Waals surface area contributed by atoms with E-state index in [2.05, 4.69) is 16.1 Å². The van der Waals surface area contributed by atoms with E-state index in [0.29, 0.717) is 28.5 Å². The largest absolute Gasteiger partial charge is 0.494 e. The summed E-state index contributed by atoms with van der Waals surface area (Å²) >= 11 is 0. The Labute approximate surface area is 173 Å². The number of ether oxygens (including phenoxy) is 1. The van der Waals surface area contributed by atoms with Gasteiger partial charge in [-0.15, -0.1) is 0 Å². The molecule has 2 aromatic carbocycles. The predicted octanol–water partition coefficient (Wildman–Crippen LogP) is 1.31. The molecule has 0 spiro atoms. The fraction of sp³-hybridized carbons (Fsp3) is 0.238. The first-order valence-electron chi connectivity index (χ1n) is 9.38. The Hall–Kier alpha value is -3.88. The Morgan fingerprint density at radius 2 is 1.73 bits per heavy atom. The third kappa shape index (κ3) is 4.24. The zero-order chi connectivity index (χ0) is 21.7. The summed E-state index contributed by atoms with van der Waals surface area (Å²) in [5.41, 5.74) is 1.87. The van der Waals surface area contributed by atoms with Crippen molar-refractivity contribution in [1.29, 1.82) is 0 Å². The van der Waals surface area contributed by atoms with Gasteiger partial charge in [-0.05, 0) is 43.7 Å². The van der Waals surface area contributed by atoms with Crippen LogP contribution in [0.4, 0.5) is 4.79 Å². The minimum Gasteiger partial charge on any atom is -0.494 e.